The van der Waals surface area contributed by atoms with Crippen LogP contribution in [0.1, 0.15) is 26.2 Å². The minimum atomic E-state index is -1.52. The zero-order chi connectivity index (χ0) is 10.9. The molecule has 2 nitrogen and oxygen atoms in total. The lowest BCUT2D eigenvalue weighted by atomic mass is 9.87. The van der Waals surface area contributed by atoms with Gasteiger partial charge in [-0.2, -0.15) is 0 Å². The highest BCUT2D eigenvalue weighted by Gasteiger charge is 2.34. The Hall–Kier alpha value is -0.250. The minimum Gasteiger partial charge on any atom is -0.357 e. The second-order valence-electron chi connectivity index (χ2n) is 4.31. The maximum Gasteiger partial charge on any atom is 0.213 e. The van der Waals surface area contributed by atoms with Gasteiger partial charge in [-0.05, 0) is 43.4 Å². The highest BCUT2D eigenvalue weighted by atomic mass is 32.2. The maximum atomic E-state index is 9.60. The van der Waals surface area contributed by atoms with Gasteiger partial charge in [0.25, 0.3) is 0 Å². The lowest BCUT2D eigenvalue weighted by Crippen LogP contribution is -2.32. The summed E-state index contributed by atoms with van der Waals surface area (Å²) >= 11 is 1.24. The second-order valence-corrected chi connectivity index (χ2v) is 5.66. The standard InChI is InChI=1S/C12H17O2S/c1-9-3-2-4-10(7-9)11-5-6-15-12(13,14)8-11/h3-4,7,11,13-14H,2,5-6,8H2,1H3. The zero-order valence-corrected chi connectivity index (χ0v) is 9.76. The summed E-state index contributed by atoms with van der Waals surface area (Å²) in [5.41, 5.74) is 2.56. The first kappa shape index (κ1) is 11.2. The van der Waals surface area contributed by atoms with Gasteiger partial charge in [0.2, 0.25) is 5.12 Å². The summed E-state index contributed by atoms with van der Waals surface area (Å²) in [5.74, 6) is 1.14. The summed E-state index contributed by atoms with van der Waals surface area (Å²) in [6.45, 7) is 2.09. The third-order valence-corrected chi connectivity index (χ3v) is 4.04. The van der Waals surface area contributed by atoms with Crippen LogP contribution in [0.5, 0.6) is 0 Å². The van der Waals surface area contributed by atoms with Gasteiger partial charge in [0.15, 0.2) is 0 Å². The second kappa shape index (κ2) is 4.32. The van der Waals surface area contributed by atoms with E-state index in [2.05, 4.69) is 25.5 Å². The van der Waals surface area contributed by atoms with Crippen LogP contribution in [-0.4, -0.2) is 21.1 Å². The van der Waals surface area contributed by atoms with Crippen LogP contribution in [0.2, 0.25) is 0 Å². The highest BCUT2D eigenvalue weighted by molar-refractivity contribution is 8.00. The molecule has 15 heavy (non-hydrogen) atoms. The van der Waals surface area contributed by atoms with Crippen LogP contribution in [-0.2, 0) is 0 Å². The molecule has 2 aliphatic rings. The van der Waals surface area contributed by atoms with Crippen molar-refractivity contribution >= 4 is 11.8 Å². The third kappa shape index (κ3) is 2.86. The van der Waals surface area contributed by atoms with Crippen molar-refractivity contribution in [2.24, 2.45) is 5.92 Å². The highest BCUT2D eigenvalue weighted by Crippen LogP contribution is 2.40. The third-order valence-electron chi connectivity index (χ3n) is 2.97. The largest absolute Gasteiger partial charge is 0.357 e. The van der Waals surface area contributed by atoms with Gasteiger partial charge in [0.1, 0.15) is 0 Å². The van der Waals surface area contributed by atoms with E-state index in [4.69, 9.17) is 0 Å². The first-order valence-electron chi connectivity index (χ1n) is 5.37. The molecule has 83 valence electrons. The van der Waals surface area contributed by atoms with Crippen LogP contribution in [0.25, 0.3) is 0 Å². The molecule has 0 amide bonds. The van der Waals surface area contributed by atoms with E-state index in [0.717, 1.165) is 18.6 Å². The Labute approximate surface area is 95.1 Å². The van der Waals surface area contributed by atoms with Gasteiger partial charge >= 0.3 is 0 Å². The van der Waals surface area contributed by atoms with Gasteiger partial charge < -0.3 is 10.2 Å². The van der Waals surface area contributed by atoms with E-state index < -0.39 is 5.12 Å². The van der Waals surface area contributed by atoms with Gasteiger partial charge in [0, 0.05) is 6.42 Å². The Morgan fingerprint density at radius 3 is 2.93 bits per heavy atom. The summed E-state index contributed by atoms with van der Waals surface area (Å²) in [6, 6.07) is 0. The van der Waals surface area contributed by atoms with Crippen LogP contribution < -0.4 is 0 Å². The summed E-state index contributed by atoms with van der Waals surface area (Å²) in [7, 11) is 0. The molecule has 1 atom stereocenters. The number of rotatable bonds is 1. The van der Waals surface area contributed by atoms with E-state index in [1.807, 2.05) is 0 Å². The van der Waals surface area contributed by atoms with Crippen molar-refractivity contribution in [3.63, 3.8) is 0 Å². The number of thioether (sulfide) groups is 1. The van der Waals surface area contributed by atoms with Crippen molar-refractivity contribution in [3.05, 3.63) is 29.7 Å². The molecular formula is C12H17O2S. The van der Waals surface area contributed by atoms with Gasteiger partial charge in [-0.25, -0.2) is 0 Å². The molecule has 3 heteroatoms. The lowest BCUT2D eigenvalue weighted by molar-refractivity contribution is -0.0918. The van der Waals surface area contributed by atoms with Crippen molar-refractivity contribution in [3.8, 4) is 0 Å². The Kier molecular flexibility index (Phi) is 3.24. The van der Waals surface area contributed by atoms with E-state index in [-0.39, 0.29) is 0 Å². The Morgan fingerprint density at radius 2 is 2.27 bits per heavy atom. The summed E-state index contributed by atoms with van der Waals surface area (Å²) < 4.78 is 0. The molecule has 1 aliphatic heterocycles. The smallest absolute Gasteiger partial charge is 0.213 e. The molecule has 1 radical (unpaired) electrons. The van der Waals surface area contributed by atoms with E-state index in [1.165, 1.54) is 22.9 Å². The number of allylic oxidation sites excluding steroid dienone is 4. The Morgan fingerprint density at radius 1 is 1.47 bits per heavy atom. The zero-order valence-electron chi connectivity index (χ0n) is 8.94. The van der Waals surface area contributed by atoms with Crippen LogP contribution in [0.4, 0.5) is 0 Å². The number of hydrogen-bond acceptors (Lipinski definition) is 3. The number of aliphatic hydroxyl groups is 2. The maximum absolute atomic E-state index is 9.60. The molecular weight excluding hydrogens is 208 g/mol. The molecule has 0 aromatic rings. The predicted octanol–water partition coefficient (Wildman–Crippen LogP) is 2.25. The molecule has 2 rings (SSSR count). The fraction of sp³-hybridized carbons (Fsp3) is 0.583. The molecule has 1 unspecified atom stereocenters. The molecule has 1 heterocycles. The average Bonchev–Trinajstić information content (AvgIpc) is 2.16. The summed E-state index contributed by atoms with van der Waals surface area (Å²) in [5, 5.41) is 17.7. The van der Waals surface area contributed by atoms with E-state index in [1.54, 1.807) is 0 Å². The topological polar surface area (TPSA) is 40.5 Å². The normalized spacial score (nSPS) is 30.7. The molecule has 1 saturated heterocycles. The van der Waals surface area contributed by atoms with Gasteiger partial charge in [-0.3, -0.25) is 0 Å². The minimum absolute atomic E-state index is 0.310. The first-order chi connectivity index (χ1) is 7.07. The fourth-order valence-corrected chi connectivity index (χ4v) is 3.23. The molecule has 1 aliphatic carbocycles. The van der Waals surface area contributed by atoms with Crippen LogP contribution in [0.15, 0.2) is 23.3 Å². The monoisotopic (exact) mass is 225 g/mol. The van der Waals surface area contributed by atoms with Gasteiger partial charge in [0.05, 0.1) is 0 Å². The van der Waals surface area contributed by atoms with Gasteiger partial charge in [-0.1, -0.05) is 29.5 Å². The fourth-order valence-electron chi connectivity index (χ4n) is 2.18. The van der Waals surface area contributed by atoms with Crippen molar-refractivity contribution < 1.29 is 10.2 Å². The van der Waals surface area contributed by atoms with Crippen molar-refractivity contribution in [2.45, 2.75) is 31.3 Å². The summed E-state index contributed by atoms with van der Waals surface area (Å²) in [4.78, 5) is 0. The molecule has 0 aromatic carbocycles. The van der Waals surface area contributed by atoms with Crippen molar-refractivity contribution in [1.82, 2.24) is 0 Å². The Bertz CT molecular complexity index is 305. The average molecular weight is 225 g/mol. The molecule has 2 N–H and O–H groups in total. The van der Waals surface area contributed by atoms with Crippen LogP contribution in [0, 0.1) is 12.3 Å². The lowest BCUT2D eigenvalue weighted by Gasteiger charge is -2.33. The SMILES string of the molecule is CC1=CC(C2CCSC(O)(O)C2)=CC[CH]1. The van der Waals surface area contributed by atoms with Crippen LogP contribution >= 0.6 is 11.8 Å². The predicted molar refractivity (Wildman–Crippen MR) is 63.1 cm³/mol. The van der Waals surface area contributed by atoms with Gasteiger partial charge in [-0.15, -0.1) is 0 Å². The van der Waals surface area contributed by atoms with Crippen LogP contribution in [0.3, 0.4) is 0 Å². The molecule has 0 aromatic heterocycles. The summed E-state index contributed by atoms with van der Waals surface area (Å²) in [6.07, 6.45) is 9.03. The quantitative estimate of drug-likeness (QED) is 0.672. The van der Waals surface area contributed by atoms with E-state index >= 15 is 0 Å². The van der Waals surface area contributed by atoms with Crippen molar-refractivity contribution in [2.75, 3.05) is 5.75 Å². The van der Waals surface area contributed by atoms with Crippen molar-refractivity contribution in [1.29, 1.82) is 0 Å². The first-order valence-corrected chi connectivity index (χ1v) is 6.36. The molecule has 1 fully saturated rings. The number of hydrogen-bond donors (Lipinski definition) is 2. The molecule has 0 spiro atoms. The Balaban J connectivity index is 2.08. The van der Waals surface area contributed by atoms with E-state index in [9.17, 15) is 10.2 Å². The molecule has 0 saturated carbocycles. The molecule has 0 bridgehead atoms. The van der Waals surface area contributed by atoms with E-state index in [0.29, 0.717) is 12.3 Å².